The molecule has 0 aliphatic carbocycles. The van der Waals surface area contributed by atoms with E-state index in [1.165, 1.54) is 11.5 Å². The van der Waals surface area contributed by atoms with Gasteiger partial charge in [0.05, 0.1) is 18.7 Å². The largest absolute Gasteiger partial charge is 0.490 e. The maximum atomic E-state index is 11.8. The summed E-state index contributed by atoms with van der Waals surface area (Å²) in [5.41, 5.74) is 1.11. The van der Waals surface area contributed by atoms with Crippen LogP contribution in [0.1, 0.15) is 31.1 Å². The Morgan fingerprint density at radius 2 is 1.73 bits per heavy atom. The van der Waals surface area contributed by atoms with E-state index in [0.29, 0.717) is 41.2 Å². The van der Waals surface area contributed by atoms with Crippen LogP contribution in [0.2, 0.25) is 0 Å². The summed E-state index contributed by atoms with van der Waals surface area (Å²) in [4.78, 5) is 22.8. The number of carbonyl (C=O) groups excluding carboxylic acids is 1. The van der Waals surface area contributed by atoms with E-state index in [-0.39, 0.29) is 12.3 Å². The van der Waals surface area contributed by atoms with Gasteiger partial charge in [0.25, 0.3) is 0 Å². The van der Waals surface area contributed by atoms with Crippen LogP contribution in [0, 0.1) is 0 Å². The highest BCUT2D eigenvalue weighted by atomic mass is 16.5. The van der Waals surface area contributed by atoms with E-state index in [1.54, 1.807) is 18.3 Å². The Labute approximate surface area is 128 Å². The lowest BCUT2D eigenvalue weighted by molar-refractivity contribution is -0.137. The number of aromatic nitrogens is 1. The monoisotopic (exact) mass is 305 g/mol. The van der Waals surface area contributed by atoms with Crippen LogP contribution in [0.15, 0.2) is 18.3 Å². The van der Waals surface area contributed by atoms with Gasteiger partial charge < -0.3 is 19.1 Å². The van der Waals surface area contributed by atoms with Crippen LogP contribution in [0.25, 0.3) is 10.9 Å². The summed E-state index contributed by atoms with van der Waals surface area (Å²) in [6, 6.07) is 3.46. The van der Waals surface area contributed by atoms with Crippen LogP contribution in [-0.4, -0.2) is 34.6 Å². The summed E-state index contributed by atoms with van der Waals surface area (Å²) < 4.78 is 12.7. The van der Waals surface area contributed by atoms with Crippen molar-refractivity contribution < 1.29 is 24.2 Å². The number of carboxylic acid groups (broad SMARTS) is 1. The van der Waals surface area contributed by atoms with Crippen molar-refractivity contribution >= 4 is 22.7 Å². The molecule has 0 bridgehead atoms. The lowest BCUT2D eigenvalue weighted by Gasteiger charge is -2.12. The summed E-state index contributed by atoms with van der Waals surface area (Å²) in [5, 5.41) is 9.69. The molecule has 2 aromatic rings. The predicted molar refractivity (Wildman–Crippen MR) is 81.9 cm³/mol. The smallest absolute Gasteiger partial charge is 0.323 e. The molecule has 1 N–H and O–H groups in total. The van der Waals surface area contributed by atoms with E-state index in [0.717, 1.165) is 0 Å². The second-order valence-electron chi connectivity index (χ2n) is 4.80. The molecule has 0 saturated carbocycles. The third-order valence-corrected chi connectivity index (χ3v) is 3.23. The Kier molecular flexibility index (Phi) is 4.70. The van der Waals surface area contributed by atoms with Crippen LogP contribution >= 0.6 is 0 Å². The first-order valence-electron chi connectivity index (χ1n) is 7.13. The molecule has 1 aromatic heterocycles. The maximum absolute atomic E-state index is 11.8. The Bertz CT molecular complexity index is 717. The van der Waals surface area contributed by atoms with Gasteiger partial charge in [-0.3, -0.25) is 9.59 Å². The molecule has 6 nitrogen and oxygen atoms in total. The zero-order valence-electron chi connectivity index (χ0n) is 12.9. The number of benzene rings is 1. The average molecular weight is 305 g/mol. The molecule has 118 valence electrons. The van der Waals surface area contributed by atoms with Gasteiger partial charge in [-0.05, 0) is 26.8 Å². The van der Waals surface area contributed by atoms with Gasteiger partial charge in [0, 0.05) is 23.2 Å². The number of ketones is 1. The molecule has 0 atom stereocenters. The summed E-state index contributed by atoms with van der Waals surface area (Å²) in [6.07, 6.45) is 1.56. The normalized spacial score (nSPS) is 10.7. The first-order chi connectivity index (χ1) is 10.5. The number of ether oxygens (including phenoxy) is 2. The molecule has 0 amide bonds. The van der Waals surface area contributed by atoms with Gasteiger partial charge in [-0.1, -0.05) is 0 Å². The van der Waals surface area contributed by atoms with Crippen molar-refractivity contribution in [3.05, 3.63) is 23.9 Å². The summed E-state index contributed by atoms with van der Waals surface area (Å²) in [6.45, 7) is 5.89. The van der Waals surface area contributed by atoms with E-state index in [4.69, 9.17) is 14.6 Å². The van der Waals surface area contributed by atoms with Gasteiger partial charge in [-0.25, -0.2) is 0 Å². The Hall–Kier alpha value is -2.50. The fourth-order valence-electron chi connectivity index (χ4n) is 2.39. The average Bonchev–Trinajstić information content (AvgIpc) is 2.77. The van der Waals surface area contributed by atoms with Crippen molar-refractivity contribution in [3.8, 4) is 11.5 Å². The van der Waals surface area contributed by atoms with Crippen LogP contribution in [0.5, 0.6) is 11.5 Å². The molecule has 0 saturated heterocycles. The highest BCUT2D eigenvalue weighted by Gasteiger charge is 2.17. The highest BCUT2D eigenvalue weighted by Crippen LogP contribution is 2.35. The number of Topliss-reactive ketones (excluding diaryl/α,β-unsaturated/α-hetero) is 1. The summed E-state index contributed by atoms with van der Waals surface area (Å²) in [7, 11) is 0. The fraction of sp³-hybridized carbons (Fsp3) is 0.375. The molecule has 22 heavy (non-hydrogen) atoms. The van der Waals surface area contributed by atoms with Crippen LogP contribution in [0.3, 0.4) is 0 Å². The minimum Gasteiger partial charge on any atom is -0.490 e. The number of aliphatic carboxylic acids is 1. The van der Waals surface area contributed by atoms with E-state index in [2.05, 4.69) is 0 Å². The lowest BCUT2D eigenvalue weighted by Crippen LogP contribution is -2.07. The van der Waals surface area contributed by atoms with E-state index < -0.39 is 5.97 Å². The van der Waals surface area contributed by atoms with Crippen molar-refractivity contribution in [2.75, 3.05) is 13.2 Å². The molecule has 0 spiro atoms. The molecule has 0 fully saturated rings. The Morgan fingerprint density at radius 1 is 1.14 bits per heavy atom. The standard InChI is InChI=1S/C16H19NO5/c1-4-21-14-6-11-12(10(3)18)8-17(9-16(19)20)13(11)7-15(14)22-5-2/h6-8H,4-5,9H2,1-3H3,(H,19,20). The Morgan fingerprint density at radius 3 is 2.23 bits per heavy atom. The highest BCUT2D eigenvalue weighted by molar-refractivity contribution is 6.08. The van der Waals surface area contributed by atoms with Crippen molar-refractivity contribution in [3.63, 3.8) is 0 Å². The molecule has 1 aromatic carbocycles. The SMILES string of the molecule is CCOc1cc2c(C(C)=O)cn(CC(=O)O)c2cc1OCC. The predicted octanol–water partition coefficient (Wildman–Crippen LogP) is 2.73. The topological polar surface area (TPSA) is 77.8 Å². The molecular weight excluding hydrogens is 286 g/mol. The number of nitrogens with zero attached hydrogens (tertiary/aromatic N) is 1. The molecular formula is C16H19NO5. The molecule has 0 aliphatic rings. The number of carbonyl (C=O) groups is 2. The number of fused-ring (bicyclic) bond motifs is 1. The minimum absolute atomic E-state index is 0.124. The van der Waals surface area contributed by atoms with Crippen molar-refractivity contribution in [1.82, 2.24) is 4.57 Å². The van der Waals surface area contributed by atoms with Crippen LogP contribution < -0.4 is 9.47 Å². The molecule has 2 rings (SSSR count). The molecule has 1 heterocycles. The van der Waals surface area contributed by atoms with Crippen LogP contribution in [-0.2, 0) is 11.3 Å². The van der Waals surface area contributed by atoms with E-state index >= 15 is 0 Å². The quantitative estimate of drug-likeness (QED) is 0.796. The van der Waals surface area contributed by atoms with Crippen molar-refractivity contribution in [2.24, 2.45) is 0 Å². The molecule has 0 aliphatic heterocycles. The third kappa shape index (κ3) is 3.05. The second-order valence-corrected chi connectivity index (χ2v) is 4.80. The van der Waals surface area contributed by atoms with Gasteiger partial charge >= 0.3 is 5.97 Å². The number of rotatable bonds is 7. The van der Waals surface area contributed by atoms with Gasteiger partial charge in [0.2, 0.25) is 0 Å². The lowest BCUT2D eigenvalue weighted by atomic mass is 10.1. The van der Waals surface area contributed by atoms with E-state index in [1.807, 2.05) is 13.8 Å². The van der Waals surface area contributed by atoms with Crippen LogP contribution in [0.4, 0.5) is 0 Å². The fourth-order valence-corrected chi connectivity index (χ4v) is 2.39. The van der Waals surface area contributed by atoms with Gasteiger partial charge in [0.15, 0.2) is 17.3 Å². The van der Waals surface area contributed by atoms with E-state index in [9.17, 15) is 9.59 Å². The first-order valence-corrected chi connectivity index (χ1v) is 7.13. The number of hydrogen-bond donors (Lipinski definition) is 1. The zero-order chi connectivity index (χ0) is 16.3. The Balaban J connectivity index is 2.69. The van der Waals surface area contributed by atoms with Crippen molar-refractivity contribution in [1.29, 1.82) is 0 Å². The molecule has 6 heteroatoms. The maximum Gasteiger partial charge on any atom is 0.323 e. The second kappa shape index (κ2) is 6.51. The summed E-state index contributed by atoms with van der Waals surface area (Å²) >= 11 is 0. The first kappa shape index (κ1) is 15.9. The van der Waals surface area contributed by atoms with Gasteiger partial charge in [0.1, 0.15) is 6.54 Å². The third-order valence-electron chi connectivity index (χ3n) is 3.23. The number of hydrogen-bond acceptors (Lipinski definition) is 4. The zero-order valence-corrected chi connectivity index (χ0v) is 12.9. The van der Waals surface area contributed by atoms with Gasteiger partial charge in [-0.2, -0.15) is 0 Å². The number of carboxylic acids is 1. The van der Waals surface area contributed by atoms with Crippen molar-refractivity contribution in [2.45, 2.75) is 27.3 Å². The minimum atomic E-state index is -0.973. The molecule has 0 radical (unpaired) electrons. The summed E-state index contributed by atoms with van der Waals surface area (Å²) in [5.74, 6) is -0.0105. The van der Waals surface area contributed by atoms with Gasteiger partial charge in [-0.15, -0.1) is 0 Å². The molecule has 0 unspecified atom stereocenters.